The number of carbonyl (C=O) groups excluding carboxylic acids is 2. The van der Waals surface area contributed by atoms with E-state index in [1.807, 2.05) is 0 Å². The number of rotatable bonds is 1. The molecule has 1 aromatic rings. The Balaban J connectivity index is 2.23. The summed E-state index contributed by atoms with van der Waals surface area (Å²) in [6.45, 7) is 7.01. The Morgan fingerprint density at radius 2 is 2.12 bits per heavy atom. The SMILES string of the molecule is Cc1cc2c(cc1C#N)N(C)C(=O)C(NC(=O)OC(C)(C)C)CO2. The van der Waals surface area contributed by atoms with E-state index in [1.54, 1.807) is 46.9 Å². The molecule has 1 unspecified atom stereocenters. The van der Waals surface area contributed by atoms with Crippen molar-refractivity contribution in [2.24, 2.45) is 0 Å². The Hall–Kier alpha value is -2.75. The van der Waals surface area contributed by atoms with Gasteiger partial charge in [0.05, 0.1) is 17.3 Å². The van der Waals surface area contributed by atoms with Gasteiger partial charge in [-0.25, -0.2) is 4.79 Å². The van der Waals surface area contributed by atoms with E-state index in [4.69, 9.17) is 14.7 Å². The number of hydrogen-bond acceptors (Lipinski definition) is 5. The van der Waals surface area contributed by atoms with Gasteiger partial charge in [-0.05, 0) is 45.4 Å². The molecule has 24 heavy (non-hydrogen) atoms. The minimum Gasteiger partial charge on any atom is -0.489 e. The van der Waals surface area contributed by atoms with E-state index in [9.17, 15) is 9.59 Å². The summed E-state index contributed by atoms with van der Waals surface area (Å²) in [4.78, 5) is 25.9. The number of carbonyl (C=O) groups is 2. The van der Waals surface area contributed by atoms with Crippen molar-refractivity contribution in [1.29, 1.82) is 5.26 Å². The number of hydrogen-bond donors (Lipinski definition) is 1. The molecule has 7 heteroatoms. The van der Waals surface area contributed by atoms with Crippen LogP contribution in [-0.4, -0.2) is 37.3 Å². The number of aryl methyl sites for hydroxylation is 1. The van der Waals surface area contributed by atoms with E-state index >= 15 is 0 Å². The monoisotopic (exact) mass is 331 g/mol. The average molecular weight is 331 g/mol. The van der Waals surface area contributed by atoms with Crippen molar-refractivity contribution in [3.63, 3.8) is 0 Å². The zero-order chi connectivity index (χ0) is 18.1. The lowest BCUT2D eigenvalue weighted by molar-refractivity contribution is -0.120. The number of likely N-dealkylation sites (N-methyl/N-ethyl adjacent to an activating group) is 1. The molecule has 0 saturated heterocycles. The predicted octanol–water partition coefficient (Wildman–Crippen LogP) is 2.12. The van der Waals surface area contributed by atoms with Crippen LogP contribution in [0.3, 0.4) is 0 Å². The molecule has 1 aromatic carbocycles. The molecule has 1 aliphatic rings. The fourth-order valence-corrected chi connectivity index (χ4v) is 2.32. The first-order valence-corrected chi connectivity index (χ1v) is 7.57. The molecule has 1 aliphatic heterocycles. The Kier molecular flexibility index (Phi) is 4.69. The predicted molar refractivity (Wildman–Crippen MR) is 88.0 cm³/mol. The lowest BCUT2D eigenvalue weighted by Crippen LogP contribution is -2.50. The summed E-state index contributed by atoms with van der Waals surface area (Å²) < 4.78 is 10.8. The van der Waals surface area contributed by atoms with Crippen LogP contribution < -0.4 is 15.0 Å². The Morgan fingerprint density at radius 3 is 2.71 bits per heavy atom. The van der Waals surface area contributed by atoms with Crippen LogP contribution in [0.15, 0.2) is 12.1 Å². The summed E-state index contributed by atoms with van der Waals surface area (Å²) in [6, 6.07) is 4.54. The van der Waals surface area contributed by atoms with Crippen LogP contribution in [-0.2, 0) is 9.53 Å². The number of amides is 2. The molecule has 2 rings (SSSR count). The van der Waals surface area contributed by atoms with Crippen molar-refractivity contribution >= 4 is 17.7 Å². The van der Waals surface area contributed by atoms with Gasteiger partial charge in [-0.3, -0.25) is 4.79 Å². The van der Waals surface area contributed by atoms with Crippen molar-refractivity contribution in [2.75, 3.05) is 18.6 Å². The number of nitrogens with one attached hydrogen (secondary N) is 1. The number of fused-ring (bicyclic) bond motifs is 1. The fraction of sp³-hybridized carbons (Fsp3) is 0.471. The van der Waals surface area contributed by atoms with Crippen LogP contribution in [0.2, 0.25) is 0 Å². The molecule has 1 heterocycles. The molecular weight excluding hydrogens is 310 g/mol. The van der Waals surface area contributed by atoms with Gasteiger partial charge in [0.25, 0.3) is 5.91 Å². The molecule has 128 valence electrons. The van der Waals surface area contributed by atoms with Gasteiger partial charge in [0.15, 0.2) is 0 Å². The number of benzene rings is 1. The molecule has 0 aliphatic carbocycles. The van der Waals surface area contributed by atoms with Crippen molar-refractivity contribution in [3.05, 3.63) is 23.3 Å². The third-order valence-corrected chi connectivity index (χ3v) is 3.51. The Morgan fingerprint density at radius 1 is 1.46 bits per heavy atom. The average Bonchev–Trinajstić information content (AvgIpc) is 2.57. The van der Waals surface area contributed by atoms with E-state index in [0.717, 1.165) is 5.56 Å². The molecule has 1 N–H and O–H groups in total. The first-order valence-electron chi connectivity index (χ1n) is 7.57. The van der Waals surface area contributed by atoms with Crippen molar-refractivity contribution in [1.82, 2.24) is 5.32 Å². The van der Waals surface area contributed by atoms with Crippen LogP contribution in [0.5, 0.6) is 5.75 Å². The zero-order valence-electron chi connectivity index (χ0n) is 14.5. The summed E-state index contributed by atoms with van der Waals surface area (Å²) in [5.41, 5.74) is 1.06. The third-order valence-electron chi connectivity index (χ3n) is 3.51. The molecule has 0 saturated carbocycles. The highest BCUT2D eigenvalue weighted by Gasteiger charge is 2.32. The highest BCUT2D eigenvalue weighted by atomic mass is 16.6. The second-order valence-electron chi connectivity index (χ2n) is 6.65. The van der Waals surface area contributed by atoms with Gasteiger partial charge >= 0.3 is 6.09 Å². The number of nitriles is 1. The van der Waals surface area contributed by atoms with Crippen LogP contribution in [0.1, 0.15) is 31.9 Å². The third kappa shape index (κ3) is 3.77. The number of ether oxygens (including phenoxy) is 2. The van der Waals surface area contributed by atoms with Crippen molar-refractivity contribution in [2.45, 2.75) is 39.3 Å². The van der Waals surface area contributed by atoms with Crippen LogP contribution in [0.25, 0.3) is 0 Å². The van der Waals surface area contributed by atoms with Gasteiger partial charge in [-0.1, -0.05) is 0 Å². The quantitative estimate of drug-likeness (QED) is 0.851. The highest BCUT2D eigenvalue weighted by molar-refractivity contribution is 6.00. The molecule has 7 nitrogen and oxygen atoms in total. The van der Waals surface area contributed by atoms with E-state index < -0.39 is 17.7 Å². The summed E-state index contributed by atoms with van der Waals surface area (Å²) in [5.74, 6) is 0.156. The van der Waals surface area contributed by atoms with Crippen LogP contribution in [0, 0.1) is 18.3 Å². The zero-order valence-corrected chi connectivity index (χ0v) is 14.5. The van der Waals surface area contributed by atoms with E-state index in [0.29, 0.717) is 17.0 Å². The summed E-state index contributed by atoms with van der Waals surface area (Å²) in [6.07, 6.45) is -0.683. The topological polar surface area (TPSA) is 91.7 Å². The molecule has 2 amide bonds. The van der Waals surface area contributed by atoms with Crippen molar-refractivity contribution in [3.8, 4) is 11.8 Å². The molecular formula is C17H21N3O4. The maximum atomic E-state index is 12.6. The lowest BCUT2D eigenvalue weighted by atomic mass is 10.1. The van der Waals surface area contributed by atoms with Gasteiger partial charge in [-0.15, -0.1) is 0 Å². The number of alkyl carbamates (subject to hydrolysis) is 1. The second kappa shape index (κ2) is 6.40. The Labute approximate surface area is 141 Å². The van der Waals surface area contributed by atoms with Gasteiger partial charge in [-0.2, -0.15) is 5.26 Å². The minimum absolute atomic E-state index is 0.0131. The maximum Gasteiger partial charge on any atom is 0.408 e. The first-order chi connectivity index (χ1) is 11.1. The van der Waals surface area contributed by atoms with Gasteiger partial charge < -0.3 is 19.7 Å². The first kappa shape index (κ1) is 17.6. The maximum absolute atomic E-state index is 12.6. The molecule has 1 atom stereocenters. The van der Waals surface area contributed by atoms with Gasteiger partial charge in [0.1, 0.15) is 24.0 Å². The van der Waals surface area contributed by atoms with Crippen molar-refractivity contribution < 1.29 is 19.1 Å². The standard InChI is InChI=1S/C17H21N3O4/c1-10-6-14-13(7-11(10)8-18)20(5)15(21)12(9-23-14)19-16(22)24-17(2,3)4/h6-7,12H,9H2,1-5H3,(H,19,22). The summed E-state index contributed by atoms with van der Waals surface area (Å²) in [5, 5.41) is 11.7. The van der Waals surface area contributed by atoms with E-state index in [1.165, 1.54) is 4.90 Å². The van der Waals surface area contributed by atoms with Crippen LogP contribution in [0.4, 0.5) is 10.5 Å². The molecule has 0 radical (unpaired) electrons. The lowest BCUT2D eigenvalue weighted by Gasteiger charge is -2.23. The minimum atomic E-state index is -0.872. The smallest absolute Gasteiger partial charge is 0.408 e. The second-order valence-corrected chi connectivity index (χ2v) is 6.65. The van der Waals surface area contributed by atoms with Gasteiger partial charge in [0, 0.05) is 7.05 Å². The largest absolute Gasteiger partial charge is 0.489 e. The highest BCUT2D eigenvalue weighted by Crippen LogP contribution is 2.33. The molecule has 0 aromatic heterocycles. The fourth-order valence-electron chi connectivity index (χ4n) is 2.32. The summed E-state index contributed by atoms with van der Waals surface area (Å²) >= 11 is 0. The Bertz CT molecular complexity index is 716. The number of nitrogens with zero attached hydrogens (tertiary/aromatic N) is 2. The van der Waals surface area contributed by atoms with E-state index in [-0.39, 0.29) is 12.5 Å². The molecule has 0 bridgehead atoms. The van der Waals surface area contributed by atoms with Crippen LogP contribution >= 0.6 is 0 Å². The van der Waals surface area contributed by atoms with Gasteiger partial charge in [0.2, 0.25) is 0 Å². The number of anilines is 1. The normalized spacial score (nSPS) is 17.2. The molecule has 0 spiro atoms. The summed E-state index contributed by atoms with van der Waals surface area (Å²) in [7, 11) is 1.58. The van der Waals surface area contributed by atoms with E-state index in [2.05, 4.69) is 11.4 Å². The molecule has 0 fully saturated rings.